The first-order valence-electron chi connectivity index (χ1n) is 11.6. The van der Waals surface area contributed by atoms with Crippen molar-refractivity contribution < 1.29 is 54.2 Å². The number of carboxylic acid groups (broad SMARTS) is 2. The molecule has 0 amide bonds. The maximum atomic E-state index is 11.7. The number of hydrogen-bond donors (Lipinski definition) is 2. The van der Waals surface area contributed by atoms with Crippen molar-refractivity contribution in [3.63, 3.8) is 0 Å². The molecule has 194 valence electrons. The number of carbonyl (C=O) groups excluding carboxylic acids is 2. The number of carbonyl (C=O) groups is 3. The SMILES string of the molecule is O=C(O)CCC(=O)c1ccc(-c2ccccc2)cc1.O=C([O-])Cc1ccccc1Nc1c(Cl)cccc1Cl.[Na+]. The minimum absolute atomic E-state index is 0. The summed E-state index contributed by atoms with van der Waals surface area (Å²) >= 11 is 12.1. The fourth-order valence-electron chi connectivity index (χ4n) is 3.55. The molecule has 9 heteroatoms. The summed E-state index contributed by atoms with van der Waals surface area (Å²) in [7, 11) is 0. The number of Topliss-reactive ketones (excluding diaryl/α,β-unsaturated/α-hetero) is 1. The van der Waals surface area contributed by atoms with Crippen LogP contribution in [0.4, 0.5) is 11.4 Å². The van der Waals surface area contributed by atoms with Gasteiger partial charge in [-0.05, 0) is 34.9 Å². The third kappa shape index (κ3) is 10.2. The van der Waals surface area contributed by atoms with Crippen LogP contribution in [0, 0.1) is 0 Å². The molecule has 0 aliphatic carbocycles. The molecular weight excluding hydrogens is 548 g/mol. The van der Waals surface area contributed by atoms with Gasteiger partial charge in [0, 0.05) is 30.1 Å². The van der Waals surface area contributed by atoms with Crippen molar-refractivity contribution in [1.82, 2.24) is 0 Å². The maximum Gasteiger partial charge on any atom is 1.00 e. The fourth-order valence-corrected chi connectivity index (χ4v) is 4.04. The zero-order valence-corrected chi connectivity index (χ0v) is 24.7. The monoisotopic (exact) mass is 571 g/mol. The molecule has 0 aromatic heterocycles. The summed E-state index contributed by atoms with van der Waals surface area (Å²) in [4.78, 5) is 32.9. The summed E-state index contributed by atoms with van der Waals surface area (Å²) in [5, 5.41) is 23.3. The van der Waals surface area contributed by atoms with Crippen molar-refractivity contribution >= 4 is 52.3 Å². The number of benzene rings is 4. The predicted octanol–water partition coefficient (Wildman–Crippen LogP) is 3.43. The Labute approximate surface area is 258 Å². The van der Waals surface area contributed by atoms with Gasteiger partial charge >= 0.3 is 35.5 Å². The van der Waals surface area contributed by atoms with Gasteiger partial charge in [0.2, 0.25) is 0 Å². The van der Waals surface area contributed by atoms with Gasteiger partial charge in [-0.2, -0.15) is 0 Å². The number of anilines is 2. The molecule has 0 saturated heterocycles. The van der Waals surface area contributed by atoms with Crippen LogP contribution in [0.1, 0.15) is 28.8 Å². The molecule has 0 fully saturated rings. The van der Waals surface area contributed by atoms with Crippen molar-refractivity contribution in [3.8, 4) is 11.1 Å². The van der Waals surface area contributed by atoms with E-state index in [4.69, 9.17) is 28.3 Å². The van der Waals surface area contributed by atoms with Crippen LogP contribution in [0.5, 0.6) is 0 Å². The van der Waals surface area contributed by atoms with E-state index in [-0.39, 0.29) is 54.6 Å². The second-order valence-corrected chi connectivity index (χ2v) is 9.00. The predicted molar refractivity (Wildman–Crippen MR) is 148 cm³/mol. The number of hydrogen-bond acceptors (Lipinski definition) is 5. The molecule has 39 heavy (non-hydrogen) atoms. The van der Waals surface area contributed by atoms with Crippen molar-refractivity contribution in [2.45, 2.75) is 19.3 Å². The largest absolute Gasteiger partial charge is 1.00 e. The van der Waals surface area contributed by atoms with E-state index >= 15 is 0 Å². The Morgan fingerprint density at radius 2 is 1.28 bits per heavy atom. The van der Waals surface area contributed by atoms with Gasteiger partial charge in [0.25, 0.3) is 0 Å². The first-order valence-corrected chi connectivity index (χ1v) is 12.4. The van der Waals surface area contributed by atoms with Crippen molar-refractivity contribution in [3.05, 3.63) is 118 Å². The van der Waals surface area contributed by atoms with E-state index in [0.717, 1.165) is 11.1 Å². The molecule has 0 heterocycles. The average Bonchev–Trinajstić information content (AvgIpc) is 2.91. The van der Waals surface area contributed by atoms with E-state index in [2.05, 4.69) is 5.32 Å². The summed E-state index contributed by atoms with van der Waals surface area (Å²) in [5.74, 6) is -2.23. The smallest absolute Gasteiger partial charge is 0.550 e. The number of nitrogens with one attached hydrogen (secondary N) is 1. The van der Waals surface area contributed by atoms with E-state index < -0.39 is 11.9 Å². The third-order valence-electron chi connectivity index (χ3n) is 5.45. The van der Waals surface area contributed by atoms with Crippen LogP contribution in [-0.4, -0.2) is 22.8 Å². The maximum absolute atomic E-state index is 11.7. The Kier molecular flexibility index (Phi) is 13.2. The van der Waals surface area contributed by atoms with E-state index in [1.807, 2.05) is 42.5 Å². The molecule has 0 aliphatic rings. The van der Waals surface area contributed by atoms with Crippen molar-refractivity contribution in [2.75, 3.05) is 5.32 Å². The third-order valence-corrected chi connectivity index (χ3v) is 6.08. The van der Waals surface area contributed by atoms with Gasteiger partial charge in [-0.1, -0.05) is 102 Å². The number of carboxylic acids is 2. The van der Waals surface area contributed by atoms with Gasteiger partial charge in [-0.25, -0.2) is 0 Å². The van der Waals surface area contributed by atoms with Gasteiger partial charge in [-0.3, -0.25) is 9.59 Å². The molecule has 6 nitrogen and oxygen atoms in total. The second-order valence-electron chi connectivity index (χ2n) is 8.19. The summed E-state index contributed by atoms with van der Waals surface area (Å²) in [6.45, 7) is 0. The van der Waals surface area contributed by atoms with Gasteiger partial charge in [0.05, 0.1) is 22.2 Å². The molecular formula is C30H24Cl2NNaO5. The van der Waals surface area contributed by atoms with Crippen LogP contribution in [0.15, 0.2) is 97.1 Å². The van der Waals surface area contributed by atoms with Gasteiger partial charge in [0.1, 0.15) is 0 Å². The van der Waals surface area contributed by atoms with E-state index in [1.54, 1.807) is 54.6 Å². The van der Waals surface area contributed by atoms with Crippen LogP contribution >= 0.6 is 23.2 Å². The molecule has 0 unspecified atom stereocenters. The minimum Gasteiger partial charge on any atom is -0.550 e. The zero-order chi connectivity index (χ0) is 27.5. The van der Waals surface area contributed by atoms with Crippen LogP contribution in [-0.2, 0) is 16.0 Å². The number of rotatable bonds is 9. The first-order chi connectivity index (χ1) is 18.2. The summed E-state index contributed by atoms with van der Waals surface area (Å²) in [6.07, 6.45) is -0.259. The van der Waals surface area contributed by atoms with E-state index in [9.17, 15) is 19.5 Å². The van der Waals surface area contributed by atoms with Crippen LogP contribution < -0.4 is 40.0 Å². The summed E-state index contributed by atoms with van der Waals surface area (Å²) < 4.78 is 0. The van der Waals surface area contributed by atoms with Crippen LogP contribution in [0.3, 0.4) is 0 Å². The molecule has 0 bridgehead atoms. The summed E-state index contributed by atoms with van der Waals surface area (Å²) in [6, 6.07) is 29.3. The molecule has 0 radical (unpaired) electrons. The fraction of sp³-hybridized carbons (Fsp3) is 0.100. The second kappa shape index (κ2) is 16.1. The van der Waals surface area contributed by atoms with Crippen molar-refractivity contribution in [1.29, 1.82) is 0 Å². The molecule has 0 atom stereocenters. The number of ketones is 1. The Balaban J connectivity index is 0.000000267. The average molecular weight is 572 g/mol. The Morgan fingerprint density at radius 1 is 0.718 bits per heavy atom. The Hall–Kier alpha value is -3.13. The zero-order valence-electron chi connectivity index (χ0n) is 21.2. The number of aliphatic carboxylic acids is 2. The molecule has 4 aromatic carbocycles. The van der Waals surface area contributed by atoms with Gasteiger partial charge < -0.3 is 20.3 Å². The van der Waals surface area contributed by atoms with E-state index in [0.29, 0.717) is 32.5 Å². The quantitative estimate of drug-likeness (QED) is 0.235. The topological polar surface area (TPSA) is 107 Å². The normalized spacial score (nSPS) is 9.90. The van der Waals surface area contributed by atoms with Crippen molar-refractivity contribution in [2.24, 2.45) is 0 Å². The molecule has 0 saturated carbocycles. The van der Waals surface area contributed by atoms with Gasteiger partial charge in [0.15, 0.2) is 5.78 Å². The molecule has 4 rings (SSSR count). The molecule has 4 aromatic rings. The van der Waals surface area contributed by atoms with Gasteiger partial charge in [-0.15, -0.1) is 0 Å². The van der Waals surface area contributed by atoms with E-state index in [1.165, 1.54) is 0 Å². The standard InChI is InChI=1S/C16H14O3.C14H11Cl2NO2.Na/c17-15(10-11-16(18)19)14-8-6-13(7-9-14)12-4-2-1-3-5-12;15-10-5-3-6-11(16)14(10)17-12-7-2-1-4-9(12)8-13(18)19;/h1-9H,10-11H2,(H,18,19);1-7,17H,8H2,(H,18,19);/q;;+1/p-1. The van der Waals surface area contributed by atoms with Crippen LogP contribution in [0.25, 0.3) is 11.1 Å². The number of para-hydroxylation sites is 2. The number of halogens is 2. The molecule has 0 spiro atoms. The first kappa shape index (κ1) is 32.1. The molecule has 0 aliphatic heterocycles. The molecule has 2 N–H and O–H groups in total. The minimum atomic E-state index is -1.14. The Bertz CT molecular complexity index is 1390. The van der Waals surface area contributed by atoms with Crippen LogP contribution in [0.2, 0.25) is 10.0 Å². The Morgan fingerprint density at radius 3 is 1.87 bits per heavy atom. The summed E-state index contributed by atoms with van der Waals surface area (Å²) in [5.41, 5.74) is 4.49.